The topological polar surface area (TPSA) is 77.3 Å². The molecule has 3 rings (SSSR count). The van der Waals surface area contributed by atoms with Gasteiger partial charge in [0.05, 0.1) is 15.9 Å². The van der Waals surface area contributed by atoms with E-state index in [1.807, 2.05) is 30.3 Å². The van der Waals surface area contributed by atoms with Gasteiger partial charge in [0, 0.05) is 17.7 Å². The molecule has 1 atom stereocenters. The average Bonchev–Trinajstić information content (AvgIpc) is 2.96. The number of benzene rings is 2. The Morgan fingerprint density at radius 2 is 1.92 bits per heavy atom. The molecule has 0 heterocycles. The summed E-state index contributed by atoms with van der Waals surface area (Å²) in [7, 11) is 0. The van der Waals surface area contributed by atoms with Crippen LogP contribution >= 0.6 is 11.6 Å². The van der Waals surface area contributed by atoms with Crippen LogP contribution in [0.25, 0.3) is 6.08 Å². The smallest absolute Gasteiger partial charge is 0.270 e. The van der Waals surface area contributed by atoms with E-state index in [4.69, 9.17) is 11.6 Å². The van der Waals surface area contributed by atoms with Gasteiger partial charge in [0.2, 0.25) is 0 Å². The summed E-state index contributed by atoms with van der Waals surface area (Å²) < 4.78 is 0. The predicted octanol–water partition coefficient (Wildman–Crippen LogP) is 4.49. The van der Waals surface area contributed by atoms with Crippen molar-refractivity contribution in [2.24, 2.45) is 5.92 Å². The first kappa shape index (κ1) is 17.0. The van der Waals surface area contributed by atoms with E-state index < -0.39 is 16.6 Å². The number of carbonyl (C=O) groups is 2. The van der Waals surface area contributed by atoms with E-state index >= 15 is 0 Å². The molecule has 0 aliphatic heterocycles. The van der Waals surface area contributed by atoms with Crippen LogP contribution in [0.1, 0.15) is 28.8 Å². The second-order valence-electron chi connectivity index (χ2n) is 5.82. The SMILES string of the molecule is O=C1C(=Cc2ccccc2)CCC1C(=O)c1cc([N+](=O)[O-])ccc1Cl. The second kappa shape index (κ2) is 6.99. The lowest BCUT2D eigenvalue weighted by molar-refractivity contribution is -0.384. The molecule has 0 saturated heterocycles. The van der Waals surface area contributed by atoms with Crippen molar-refractivity contribution in [1.29, 1.82) is 0 Å². The first-order valence-electron chi connectivity index (χ1n) is 7.75. The lowest BCUT2D eigenvalue weighted by Gasteiger charge is -2.08. The lowest BCUT2D eigenvalue weighted by atomic mass is 9.94. The molecule has 1 saturated carbocycles. The Morgan fingerprint density at radius 3 is 2.60 bits per heavy atom. The van der Waals surface area contributed by atoms with Crippen LogP contribution in [0.2, 0.25) is 5.02 Å². The zero-order chi connectivity index (χ0) is 18.0. The molecule has 1 aliphatic carbocycles. The summed E-state index contributed by atoms with van der Waals surface area (Å²) in [5.41, 5.74) is 1.28. The van der Waals surface area contributed by atoms with Gasteiger partial charge in [-0.2, -0.15) is 0 Å². The Morgan fingerprint density at radius 1 is 1.20 bits per heavy atom. The van der Waals surface area contributed by atoms with Crippen LogP contribution in [0.5, 0.6) is 0 Å². The van der Waals surface area contributed by atoms with Gasteiger partial charge in [-0.05, 0) is 36.1 Å². The van der Waals surface area contributed by atoms with Crippen LogP contribution in [0.3, 0.4) is 0 Å². The van der Waals surface area contributed by atoms with E-state index in [-0.39, 0.29) is 22.1 Å². The summed E-state index contributed by atoms with van der Waals surface area (Å²) in [6.45, 7) is 0. The van der Waals surface area contributed by atoms with Gasteiger partial charge in [-0.1, -0.05) is 41.9 Å². The number of carbonyl (C=O) groups excluding carboxylic acids is 2. The molecule has 5 nitrogen and oxygen atoms in total. The minimum absolute atomic E-state index is 0.0233. The maximum absolute atomic E-state index is 12.7. The summed E-state index contributed by atoms with van der Waals surface area (Å²) in [6.07, 6.45) is 2.66. The molecule has 0 radical (unpaired) electrons. The Bertz CT molecular complexity index is 890. The summed E-state index contributed by atoms with van der Waals surface area (Å²) in [6, 6.07) is 13.1. The Balaban J connectivity index is 1.87. The number of nitro benzene ring substituents is 1. The van der Waals surface area contributed by atoms with Gasteiger partial charge in [0.25, 0.3) is 5.69 Å². The molecule has 0 N–H and O–H groups in total. The van der Waals surface area contributed by atoms with Gasteiger partial charge >= 0.3 is 0 Å². The standard InChI is InChI=1S/C19H14ClNO4/c20-17-9-7-14(21(24)25)11-16(17)19(23)15-8-6-13(18(15)22)10-12-4-2-1-3-5-12/h1-5,7,9-11,15H,6,8H2. The molecule has 6 heteroatoms. The molecule has 0 bridgehead atoms. The van der Waals surface area contributed by atoms with Gasteiger partial charge in [-0.3, -0.25) is 19.7 Å². The van der Waals surface area contributed by atoms with Crippen molar-refractivity contribution >= 4 is 34.9 Å². The van der Waals surface area contributed by atoms with Crippen LogP contribution in [0.15, 0.2) is 54.1 Å². The maximum Gasteiger partial charge on any atom is 0.270 e. The number of hydrogen-bond donors (Lipinski definition) is 0. The highest BCUT2D eigenvalue weighted by Gasteiger charge is 2.36. The Hall–Kier alpha value is -2.79. The first-order chi connectivity index (χ1) is 12.0. The minimum atomic E-state index is -0.838. The molecule has 1 aliphatic rings. The van der Waals surface area contributed by atoms with E-state index in [2.05, 4.69) is 0 Å². The molecule has 126 valence electrons. The Labute approximate surface area is 149 Å². The number of halogens is 1. The molecule has 2 aromatic rings. The predicted molar refractivity (Wildman–Crippen MR) is 94.6 cm³/mol. The highest BCUT2D eigenvalue weighted by atomic mass is 35.5. The molecule has 2 aromatic carbocycles. The number of hydrogen-bond acceptors (Lipinski definition) is 4. The van der Waals surface area contributed by atoms with Gasteiger partial charge in [-0.25, -0.2) is 0 Å². The first-order valence-corrected chi connectivity index (χ1v) is 8.13. The van der Waals surface area contributed by atoms with E-state index in [0.717, 1.165) is 11.6 Å². The van der Waals surface area contributed by atoms with Crippen molar-refractivity contribution in [3.05, 3.63) is 80.4 Å². The van der Waals surface area contributed by atoms with Gasteiger partial charge in [0.15, 0.2) is 11.6 Å². The van der Waals surface area contributed by atoms with Gasteiger partial charge < -0.3 is 0 Å². The highest BCUT2D eigenvalue weighted by molar-refractivity contribution is 6.35. The molecule has 1 fully saturated rings. The molecular weight excluding hydrogens is 342 g/mol. The summed E-state index contributed by atoms with van der Waals surface area (Å²) in [5, 5.41) is 11.0. The third kappa shape index (κ3) is 3.51. The molecule has 0 aromatic heterocycles. The van der Waals surface area contributed by atoms with Crippen molar-refractivity contribution in [2.75, 3.05) is 0 Å². The molecule has 0 amide bonds. The van der Waals surface area contributed by atoms with Crippen molar-refractivity contribution < 1.29 is 14.5 Å². The Kier molecular flexibility index (Phi) is 4.76. The fourth-order valence-electron chi connectivity index (χ4n) is 2.93. The summed E-state index contributed by atoms with van der Waals surface area (Å²) >= 11 is 6.02. The van der Waals surface area contributed by atoms with Crippen molar-refractivity contribution in [3.8, 4) is 0 Å². The van der Waals surface area contributed by atoms with Crippen LogP contribution < -0.4 is 0 Å². The minimum Gasteiger partial charge on any atom is -0.294 e. The number of rotatable bonds is 4. The van der Waals surface area contributed by atoms with E-state index in [9.17, 15) is 19.7 Å². The second-order valence-corrected chi connectivity index (χ2v) is 6.23. The fourth-order valence-corrected chi connectivity index (χ4v) is 3.14. The number of allylic oxidation sites excluding steroid dienone is 1. The van der Waals surface area contributed by atoms with Crippen LogP contribution in [-0.4, -0.2) is 16.5 Å². The normalized spacial score (nSPS) is 18.5. The molecular formula is C19H14ClNO4. The van der Waals surface area contributed by atoms with Crippen molar-refractivity contribution in [3.63, 3.8) is 0 Å². The number of ketones is 2. The monoisotopic (exact) mass is 355 g/mol. The third-order valence-electron chi connectivity index (χ3n) is 4.22. The highest BCUT2D eigenvalue weighted by Crippen LogP contribution is 2.33. The number of nitro groups is 1. The van der Waals surface area contributed by atoms with Crippen LogP contribution in [0, 0.1) is 16.0 Å². The van der Waals surface area contributed by atoms with Crippen LogP contribution in [-0.2, 0) is 4.79 Å². The van der Waals surface area contributed by atoms with Gasteiger partial charge in [0.1, 0.15) is 0 Å². The fraction of sp³-hybridized carbons (Fsp3) is 0.158. The number of nitrogens with zero attached hydrogens (tertiary/aromatic N) is 1. The van der Waals surface area contributed by atoms with Gasteiger partial charge in [-0.15, -0.1) is 0 Å². The van der Waals surface area contributed by atoms with Crippen LogP contribution in [0.4, 0.5) is 5.69 Å². The molecule has 25 heavy (non-hydrogen) atoms. The molecule has 0 spiro atoms. The number of Topliss-reactive ketones (excluding diaryl/α,β-unsaturated/α-hetero) is 2. The average molecular weight is 356 g/mol. The lowest BCUT2D eigenvalue weighted by Crippen LogP contribution is -2.20. The third-order valence-corrected chi connectivity index (χ3v) is 4.55. The van der Waals surface area contributed by atoms with E-state index in [1.54, 1.807) is 6.08 Å². The summed E-state index contributed by atoms with van der Waals surface area (Å²) in [4.78, 5) is 35.6. The van der Waals surface area contributed by atoms with Crippen molar-refractivity contribution in [1.82, 2.24) is 0 Å². The summed E-state index contributed by atoms with van der Waals surface area (Å²) in [5.74, 6) is -1.54. The number of non-ortho nitro benzene ring substituents is 1. The zero-order valence-electron chi connectivity index (χ0n) is 13.1. The quantitative estimate of drug-likeness (QED) is 0.266. The zero-order valence-corrected chi connectivity index (χ0v) is 13.9. The molecule has 1 unspecified atom stereocenters. The van der Waals surface area contributed by atoms with E-state index in [1.165, 1.54) is 12.1 Å². The van der Waals surface area contributed by atoms with Crippen molar-refractivity contribution in [2.45, 2.75) is 12.8 Å². The van der Waals surface area contributed by atoms with E-state index in [0.29, 0.717) is 18.4 Å². The maximum atomic E-state index is 12.7. The largest absolute Gasteiger partial charge is 0.294 e.